The molecule has 3 heteroatoms. The van der Waals surface area contributed by atoms with Crippen LogP contribution in [0.4, 0.5) is 0 Å². The van der Waals surface area contributed by atoms with Gasteiger partial charge in [0.2, 0.25) is 0 Å². The third-order valence-electron chi connectivity index (χ3n) is 5.09. The van der Waals surface area contributed by atoms with Crippen LogP contribution in [-0.2, 0) is 0 Å². The van der Waals surface area contributed by atoms with Gasteiger partial charge in [-0.3, -0.25) is 4.79 Å². The summed E-state index contributed by atoms with van der Waals surface area (Å²) in [7, 11) is 1.64. The lowest BCUT2D eigenvalue weighted by molar-refractivity contribution is 0.0960. The fraction of sp³-hybridized carbons (Fsp3) is 0.611. The summed E-state index contributed by atoms with van der Waals surface area (Å²) in [6, 6.07) is 7.45. The van der Waals surface area contributed by atoms with E-state index in [1.807, 2.05) is 24.3 Å². The van der Waals surface area contributed by atoms with Gasteiger partial charge in [0.05, 0.1) is 7.11 Å². The second-order valence-electron chi connectivity index (χ2n) is 6.54. The van der Waals surface area contributed by atoms with Crippen LogP contribution in [0.1, 0.15) is 42.5 Å². The van der Waals surface area contributed by atoms with Crippen LogP contribution in [0.3, 0.4) is 0 Å². The monoisotopic (exact) mass is 287 g/mol. The topological polar surface area (TPSA) is 29.5 Å². The Kier molecular flexibility index (Phi) is 4.59. The first-order chi connectivity index (χ1) is 10.2. The van der Waals surface area contributed by atoms with E-state index in [1.54, 1.807) is 7.11 Å². The summed E-state index contributed by atoms with van der Waals surface area (Å²) in [6.45, 7) is 3.29. The Morgan fingerprint density at radius 1 is 1.19 bits per heavy atom. The van der Waals surface area contributed by atoms with Crippen molar-refractivity contribution in [3.63, 3.8) is 0 Å². The smallest absolute Gasteiger partial charge is 0.164 e. The van der Waals surface area contributed by atoms with Gasteiger partial charge in [0.25, 0.3) is 0 Å². The molecule has 3 nitrogen and oxygen atoms in total. The van der Waals surface area contributed by atoms with Gasteiger partial charge in [-0.1, -0.05) is 6.42 Å². The molecule has 0 aromatic heterocycles. The normalized spacial score (nSPS) is 25.6. The number of benzene rings is 1. The summed E-state index contributed by atoms with van der Waals surface area (Å²) in [6.07, 6.45) is 6.21. The first kappa shape index (κ1) is 14.6. The Labute approximate surface area is 127 Å². The predicted molar refractivity (Wildman–Crippen MR) is 83.8 cm³/mol. The fourth-order valence-corrected chi connectivity index (χ4v) is 3.81. The van der Waals surface area contributed by atoms with Crippen molar-refractivity contribution < 1.29 is 9.53 Å². The van der Waals surface area contributed by atoms with Crippen molar-refractivity contribution in [3.8, 4) is 5.75 Å². The summed E-state index contributed by atoms with van der Waals surface area (Å²) in [4.78, 5) is 14.8. The zero-order valence-corrected chi connectivity index (χ0v) is 12.9. The molecule has 0 spiro atoms. The van der Waals surface area contributed by atoms with Crippen molar-refractivity contribution >= 4 is 5.78 Å². The molecule has 1 aliphatic carbocycles. The molecule has 21 heavy (non-hydrogen) atoms. The molecule has 0 unspecified atom stereocenters. The van der Waals surface area contributed by atoms with Crippen LogP contribution in [0.5, 0.6) is 5.75 Å². The molecule has 1 aromatic rings. The number of ketones is 1. The molecule has 1 aliphatic heterocycles. The summed E-state index contributed by atoms with van der Waals surface area (Å²) in [5.41, 5.74) is 0.798. The predicted octanol–water partition coefficient (Wildman–Crippen LogP) is 3.39. The van der Waals surface area contributed by atoms with Crippen LogP contribution in [0.15, 0.2) is 24.3 Å². The maximum atomic E-state index is 12.3. The molecule has 2 aliphatic rings. The third kappa shape index (κ3) is 3.65. The maximum absolute atomic E-state index is 12.3. The molecule has 2 atom stereocenters. The van der Waals surface area contributed by atoms with Crippen LogP contribution in [0.2, 0.25) is 0 Å². The van der Waals surface area contributed by atoms with Gasteiger partial charge >= 0.3 is 0 Å². The lowest BCUT2D eigenvalue weighted by Crippen LogP contribution is -2.31. The molecule has 1 saturated carbocycles. The van der Waals surface area contributed by atoms with E-state index in [4.69, 9.17) is 4.74 Å². The zero-order valence-electron chi connectivity index (χ0n) is 12.9. The minimum absolute atomic E-state index is 0.243. The van der Waals surface area contributed by atoms with E-state index in [0.717, 1.165) is 29.7 Å². The zero-order chi connectivity index (χ0) is 14.7. The van der Waals surface area contributed by atoms with E-state index < -0.39 is 0 Å². The number of likely N-dealkylation sites (tertiary alicyclic amines) is 1. The van der Waals surface area contributed by atoms with Gasteiger partial charge in [-0.2, -0.15) is 0 Å². The van der Waals surface area contributed by atoms with E-state index in [-0.39, 0.29) is 5.78 Å². The van der Waals surface area contributed by atoms with Gasteiger partial charge in [0, 0.05) is 25.1 Å². The van der Waals surface area contributed by atoms with Gasteiger partial charge in [-0.15, -0.1) is 0 Å². The maximum Gasteiger partial charge on any atom is 0.164 e. The highest BCUT2D eigenvalue weighted by molar-refractivity contribution is 5.96. The van der Waals surface area contributed by atoms with Crippen molar-refractivity contribution in [2.75, 3.05) is 26.7 Å². The van der Waals surface area contributed by atoms with Gasteiger partial charge in [-0.25, -0.2) is 0 Å². The number of carbonyl (C=O) groups excluding carboxylic acids is 1. The van der Waals surface area contributed by atoms with E-state index in [9.17, 15) is 4.79 Å². The summed E-state index contributed by atoms with van der Waals surface area (Å²) in [5.74, 6) is 2.88. The Hall–Kier alpha value is -1.35. The van der Waals surface area contributed by atoms with Crippen LogP contribution in [0.25, 0.3) is 0 Å². The molecule has 2 bridgehead atoms. The molecule has 1 aromatic carbocycles. The quantitative estimate of drug-likeness (QED) is 0.777. The number of Topliss-reactive ketones (excluding diaryl/α,β-unsaturated/α-hetero) is 1. The van der Waals surface area contributed by atoms with E-state index >= 15 is 0 Å². The summed E-state index contributed by atoms with van der Waals surface area (Å²) in [5, 5.41) is 0. The molecule has 114 valence electrons. The lowest BCUT2D eigenvalue weighted by atomic mass is 10.0. The minimum Gasteiger partial charge on any atom is -0.497 e. The molecule has 3 rings (SSSR count). The Morgan fingerprint density at radius 2 is 1.95 bits per heavy atom. The first-order valence-electron chi connectivity index (χ1n) is 8.14. The Morgan fingerprint density at radius 3 is 2.71 bits per heavy atom. The molecule has 1 saturated heterocycles. The second-order valence-corrected chi connectivity index (χ2v) is 6.54. The van der Waals surface area contributed by atoms with Crippen molar-refractivity contribution in [1.29, 1.82) is 0 Å². The van der Waals surface area contributed by atoms with Crippen LogP contribution >= 0.6 is 0 Å². The van der Waals surface area contributed by atoms with Crippen molar-refractivity contribution in [2.45, 2.75) is 32.1 Å². The fourth-order valence-electron chi connectivity index (χ4n) is 3.81. The second kappa shape index (κ2) is 6.61. The molecular formula is C18H25NO2. The van der Waals surface area contributed by atoms with Crippen LogP contribution < -0.4 is 4.74 Å². The van der Waals surface area contributed by atoms with Crippen molar-refractivity contribution in [1.82, 2.24) is 4.90 Å². The highest BCUT2D eigenvalue weighted by atomic mass is 16.5. The molecule has 0 radical (unpaired) electrons. The SMILES string of the molecule is COc1ccc(C(=O)CCN2CC[C@@H]3CC[C@@H](C3)C2)cc1. The molecule has 2 fully saturated rings. The number of fused-ring (bicyclic) bond motifs is 2. The van der Waals surface area contributed by atoms with Gasteiger partial charge < -0.3 is 9.64 Å². The van der Waals surface area contributed by atoms with Gasteiger partial charge in [0.15, 0.2) is 5.78 Å². The molecular weight excluding hydrogens is 262 g/mol. The number of carbonyl (C=O) groups is 1. The Bertz CT molecular complexity index is 482. The standard InChI is InChI=1S/C18H25NO2/c1-21-17-6-4-16(5-7-17)18(20)9-11-19-10-8-14-2-3-15(12-14)13-19/h4-7,14-15H,2-3,8-13H2,1H3/t14-,15-/m0/s1. The van der Waals surface area contributed by atoms with Crippen LogP contribution in [0, 0.1) is 11.8 Å². The number of hydrogen-bond donors (Lipinski definition) is 0. The highest BCUT2D eigenvalue weighted by Gasteiger charge is 2.29. The number of ether oxygens (including phenoxy) is 1. The molecule has 1 heterocycles. The number of nitrogens with zero attached hydrogens (tertiary/aromatic N) is 1. The number of hydrogen-bond acceptors (Lipinski definition) is 3. The van der Waals surface area contributed by atoms with Crippen molar-refractivity contribution in [2.24, 2.45) is 11.8 Å². The van der Waals surface area contributed by atoms with E-state index in [0.29, 0.717) is 6.42 Å². The van der Waals surface area contributed by atoms with Gasteiger partial charge in [-0.05, 0) is 61.9 Å². The average Bonchev–Trinajstić information content (AvgIpc) is 2.85. The summed E-state index contributed by atoms with van der Waals surface area (Å²) >= 11 is 0. The summed E-state index contributed by atoms with van der Waals surface area (Å²) < 4.78 is 5.13. The van der Waals surface area contributed by atoms with E-state index in [1.165, 1.54) is 38.8 Å². The van der Waals surface area contributed by atoms with E-state index in [2.05, 4.69) is 4.90 Å². The highest BCUT2D eigenvalue weighted by Crippen LogP contribution is 2.36. The Balaban J connectivity index is 1.50. The average molecular weight is 287 g/mol. The minimum atomic E-state index is 0.243. The lowest BCUT2D eigenvalue weighted by Gasteiger charge is -2.24. The number of rotatable bonds is 5. The molecule has 0 N–H and O–H groups in total. The van der Waals surface area contributed by atoms with Crippen LogP contribution in [-0.4, -0.2) is 37.4 Å². The first-order valence-corrected chi connectivity index (χ1v) is 8.14. The largest absolute Gasteiger partial charge is 0.497 e. The van der Waals surface area contributed by atoms with Gasteiger partial charge in [0.1, 0.15) is 5.75 Å². The number of methoxy groups -OCH3 is 1. The van der Waals surface area contributed by atoms with Crippen molar-refractivity contribution in [3.05, 3.63) is 29.8 Å². The molecule has 0 amide bonds. The third-order valence-corrected chi connectivity index (χ3v) is 5.09.